The molecule has 2 aliphatic heterocycles. The van der Waals surface area contributed by atoms with Crippen molar-refractivity contribution in [3.8, 4) is 0 Å². The van der Waals surface area contributed by atoms with Crippen molar-refractivity contribution in [1.82, 2.24) is 24.9 Å². The van der Waals surface area contributed by atoms with Gasteiger partial charge in [-0.25, -0.2) is 0 Å². The lowest BCUT2D eigenvalue weighted by atomic mass is 10.1. The Morgan fingerprint density at radius 3 is 2.84 bits per heavy atom. The summed E-state index contributed by atoms with van der Waals surface area (Å²) in [4.78, 5) is 27.9. The highest BCUT2D eigenvalue weighted by atomic mass is 16.2. The van der Waals surface area contributed by atoms with Crippen LogP contribution in [0.5, 0.6) is 0 Å². The Kier molecular flexibility index (Phi) is 3.19. The molecule has 4 heterocycles. The van der Waals surface area contributed by atoms with Gasteiger partial charge in [0.15, 0.2) is 0 Å². The first-order chi connectivity index (χ1) is 12.2. The number of hydrogen-bond acceptors (Lipinski definition) is 4. The predicted octanol–water partition coefficient (Wildman–Crippen LogP) is 1.31. The van der Waals surface area contributed by atoms with Gasteiger partial charge in [-0.05, 0) is 25.3 Å². The lowest BCUT2D eigenvalue weighted by Gasteiger charge is -2.38. The molecule has 0 atom stereocenters. The Morgan fingerprint density at radius 1 is 1.28 bits per heavy atom. The Bertz CT molecular complexity index is 830. The standard InChI is InChI=1S/C17H20N6O2/c24-16-2-1-5-22(16)12-7-18-23(10-12)13-8-21(9-13)17(25)15-6-14(19-20-15)11-3-4-11/h6-7,10-11,13H,1-5,8-9H2,(H,19,20). The monoisotopic (exact) mass is 340 g/mol. The van der Waals surface area contributed by atoms with Gasteiger partial charge in [-0.1, -0.05) is 0 Å². The van der Waals surface area contributed by atoms with Crippen LogP contribution >= 0.6 is 0 Å². The molecule has 0 spiro atoms. The fraction of sp³-hybridized carbons (Fsp3) is 0.529. The second kappa shape index (κ2) is 5.44. The molecule has 8 nitrogen and oxygen atoms in total. The molecule has 5 rings (SSSR count). The number of aromatic amines is 1. The van der Waals surface area contributed by atoms with Crippen LogP contribution in [0, 0.1) is 0 Å². The molecule has 130 valence electrons. The highest BCUT2D eigenvalue weighted by molar-refractivity contribution is 5.95. The van der Waals surface area contributed by atoms with E-state index in [1.807, 2.05) is 16.9 Å². The molecule has 2 aromatic heterocycles. The highest BCUT2D eigenvalue weighted by Gasteiger charge is 2.35. The van der Waals surface area contributed by atoms with Gasteiger partial charge in [-0.2, -0.15) is 10.2 Å². The number of carbonyl (C=O) groups excluding carboxylic acids is 2. The molecule has 0 bridgehead atoms. The number of anilines is 1. The van der Waals surface area contributed by atoms with E-state index >= 15 is 0 Å². The maximum atomic E-state index is 12.5. The molecule has 2 aromatic rings. The minimum absolute atomic E-state index is 0.0264. The average Bonchev–Trinajstić information content (AvgIpc) is 2.99. The van der Waals surface area contributed by atoms with Gasteiger partial charge in [-0.15, -0.1) is 0 Å². The van der Waals surface area contributed by atoms with E-state index in [2.05, 4.69) is 15.3 Å². The second-order valence-corrected chi connectivity index (χ2v) is 7.17. The number of nitrogens with one attached hydrogen (secondary N) is 1. The van der Waals surface area contributed by atoms with Crippen LogP contribution in [0.4, 0.5) is 5.69 Å². The molecule has 2 saturated heterocycles. The number of likely N-dealkylation sites (tertiary alicyclic amines) is 1. The first-order valence-corrected chi connectivity index (χ1v) is 8.88. The average molecular weight is 340 g/mol. The zero-order valence-electron chi connectivity index (χ0n) is 13.9. The molecule has 1 aliphatic carbocycles. The quantitative estimate of drug-likeness (QED) is 0.909. The third-order valence-corrected chi connectivity index (χ3v) is 5.33. The number of amides is 2. The number of aromatic nitrogens is 4. The second-order valence-electron chi connectivity index (χ2n) is 7.17. The first-order valence-electron chi connectivity index (χ1n) is 8.88. The number of nitrogens with zero attached hydrogens (tertiary/aromatic N) is 5. The molecule has 0 aromatic carbocycles. The Hall–Kier alpha value is -2.64. The van der Waals surface area contributed by atoms with Crippen molar-refractivity contribution in [3.05, 3.63) is 29.8 Å². The van der Waals surface area contributed by atoms with Gasteiger partial charge in [-0.3, -0.25) is 19.4 Å². The molecular formula is C17H20N6O2. The first kappa shape index (κ1) is 14.7. The largest absolute Gasteiger partial charge is 0.333 e. The molecule has 1 N–H and O–H groups in total. The predicted molar refractivity (Wildman–Crippen MR) is 89.3 cm³/mol. The molecule has 3 aliphatic rings. The molecule has 1 saturated carbocycles. The highest BCUT2D eigenvalue weighted by Crippen LogP contribution is 2.39. The summed E-state index contributed by atoms with van der Waals surface area (Å²) in [5.41, 5.74) is 2.44. The topological polar surface area (TPSA) is 87.1 Å². The summed E-state index contributed by atoms with van der Waals surface area (Å²) in [6.07, 6.45) is 7.54. The Balaban J connectivity index is 1.22. The van der Waals surface area contributed by atoms with Crippen molar-refractivity contribution in [2.24, 2.45) is 0 Å². The van der Waals surface area contributed by atoms with Crippen molar-refractivity contribution in [1.29, 1.82) is 0 Å². The minimum Gasteiger partial charge on any atom is -0.333 e. The van der Waals surface area contributed by atoms with Gasteiger partial charge in [0.25, 0.3) is 5.91 Å². The van der Waals surface area contributed by atoms with Crippen LogP contribution in [0.1, 0.15) is 53.8 Å². The molecule has 25 heavy (non-hydrogen) atoms. The van der Waals surface area contributed by atoms with E-state index < -0.39 is 0 Å². The summed E-state index contributed by atoms with van der Waals surface area (Å²) in [7, 11) is 0. The zero-order valence-corrected chi connectivity index (χ0v) is 13.9. The van der Waals surface area contributed by atoms with Crippen LogP contribution in [0.2, 0.25) is 0 Å². The minimum atomic E-state index is -0.0264. The fourth-order valence-electron chi connectivity index (χ4n) is 3.59. The van der Waals surface area contributed by atoms with E-state index in [0.29, 0.717) is 31.1 Å². The summed E-state index contributed by atoms with van der Waals surface area (Å²) >= 11 is 0. The molecule has 2 amide bonds. The smallest absolute Gasteiger partial charge is 0.274 e. The van der Waals surface area contributed by atoms with E-state index in [0.717, 1.165) is 24.3 Å². The number of H-pyrrole nitrogens is 1. The molecule has 0 unspecified atom stereocenters. The molecule has 8 heteroatoms. The number of rotatable bonds is 4. The molecule has 0 radical (unpaired) electrons. The SMILES string of the molecule is O=C(c1cc(C2CC2)[nH]n1)N1CC(n2cc(N3CCCC3=O)cn2)C1. The van der Waals surface area contributed by atoms with Crippen molar-refractivity contribution in [2.75, 3.05) is 24.5 Å². The van der Waals surface area contributed by atoms with Crippen LogP contribution in [0.3, 0.4) is 0 Å². The summed E-state index contributed by atoms with van der Waals surface area (Å²) in [6, 6.07) is 2.05. The number of hydrogen-bond donors (Lipinski definition) is 1. The zero-order chi connectivity index (χ0) is 17.0. The van der Waals surface area contributed by atoms with E-state index in [4.69, 9.17) is 0 Å². The van der Waals surface area contributed by atoms with E-state index in [1.165, 1.54) is 12.8 Å². The lowest BCUT2D eigenvalue weighted by Crippen LogP contribution is -2.51. The van der Waals surface area contributed by atoms with Crippen LogP contribution in [0.15, 0.2) is 18.5 Å². The van der Waals surface area contributed by atoms with Crippen LogP contribution in [-0.2, 0) is 4.79 Å². The summed E-state index contributed by atoms with van der Waals surface area (Å²) in [5, 5.41) is 11.5. The van der Waals surface area contributed by atoms with E-state index in [-0.39, 0.29) is 17.9 Å². The maximum Gasteiger partial charge on any atom is 0.274 e. The van der Waals surface area contributed by atoms with Gasteiger partial charge < -0.3 is 9.80 Å². The van der Waals surface area contributed by atoms with Gasteiger partial charge in [0.05, 0.1) is 17.9 Å². The van der Waals surface area contributed by atoms with Gasteiger partial charge >= 0.3 is 0 Å². The van der Waals surface area contributed by atoms with Crippen LogP contribution in [-0.4, -0.2) is 56.3 Å². The molecular weight excluding hydrogens is 320 g/mol. The van der Waals surface area contributed by atoms with Crippen LogP contribution < -0.4 is 4.90 Å². The Labute approximate surface area is 144 Å². The Morgan fingerprint density at radius 2 is 2.12 bits per heavy atom. The van der Waals surface area contributed by atoms with Crippen molar-refractivity contribution < 1.29 is 9.59 Å². The normalized spacial score (nSPS) is 21.0. The third-order valence-electron chi connectivity index (χ3n) is 5.33. The van der Waals surface area contributed by atoms with Crippen molar-refractivity contribution in [3.63, 3.8) is 0 Å². The fourth-order valence-corrected chi connectivity index (χ4v) is 3.59. The summed E-state index contributed by atoms with van der Waals surface area (Å²) in [6.45, 7) is 2.02. The van der Waals surface area contributed by atoms with Crippen LogP contribution in [0.25, 0.3) is 0 Å². The maximum absolute atomic E-state index is 12.5. The lowest BCUT2D eigenvalue weighted by molar-refractivity contribution is -0.117. The van der Waals surface area contributed by atoms with E-state index in [9.17, 15) is 9.59 Å². The van der Waals surface area contributed by atoms with Gasteiger partial charge in [0.1, 0.15) is 5.69 Å². The van der Waals surface area contributed by atoms with Crippen molar-refractivity contribution in [2.45, 2.75) is 37.6 Å². The van der Waals surface area contributed by atoms with Crippen molar-refractivity contribution >= 4 is 17.5 Å². The summed E-state index contributed by atoms with van der Waals surface area (Å²) in [5.74, 6) is 0.699. The third kappa shape index (κ3) is 2.52. The van der Waals surface area contributed by atoms with Gasteiger partial charge in [0.2, 0.25) is 5.91 Å². The molecule has 3 fully saturated rings. The number of carbonyl (C=O) groups is 2. The summed E-state index contributed by atoms with van der Waals surface area (Å²) < 4.78 is 1.87. The van der Waals surface area contributed by atoms with Gasteiger partial charge in [0, 0.05) is 43.9 Å². The van der Waals surface area contributed by atoms with E-state index in [1.54, 1.807) is 16.0 Å².